The van der Waals surface area contributed by atoms with E-state index in [1.54, 1.807) is 24.3 Å². The van der Waals surface area contributed by atoms with Gasteiger partial charge in [0.2, 0.25) is 0 Å². The zero-order valence-electron chi connectivity index (χ0n) is 14.0. The molecule has 5 nitrogen and oxygen atoms in total. The summed E-state index contributed by atoms with van der Waals surface area (Å²) in [6.07, 6.45) is 0. The number of anilines is 2. The van der Waals surface area contributed by atoms with Crippen molar-refractivity contribution in [1.29, 1.82) is 0 Å². The summed E-state index contributed by atoms with van der Waals surface area (Å²) in [6.45, 7) is 6.70. The van der Waals surface area contributed by atoms with Gasteiger partial charge in [-0.3, -0.25) is 4.79 Å². The summed E-state index contributed by atoms with van der Waals surface area (Å²) in [5.74, 6) is 0.985. The topological polar surface area (TPSA) is 73.6 Å². The summed E-state index contributed by atoms with van der Waals surface area (Å²) < 4.78 is 11.9. The number of amides is 1. The molecule has 0 bridgehead atoms. The molecule has 0 aliphatic carbocycles. The van der Waals surface area contributed by atoms with Crippen molar-refractivity contribution in [3.8, 4) is 11.5 Å². The van der Waals surface area contributed by atoms with Crippen LogP contribution >= 0.6 is 15.9 Å². The molecule has 0 fully saturated rings. The van der Waals surface area contributed by atoms with Crippen molar-refractivity contribution < 1.29 is 14.3 Å². The molecule has 1 amide bonds. The molecular formula is C18H21BrN2O3. The molecule has 2 rings (SSSR count). The number of nitrogens with two attached hydrogens (primary N) is 1. The fourth-order valence-corrected chi connectivity index (χ4v) is 2.66. The zero-order valence-corrected chi connectivity index (χ0v) is 15.6. The van der Waals surface area contributed by atoms with Gasteiger partial charge in [-0.1, -0.05) is 6.07 Å². The van der Waals surface area contributed by atoms with Crippen LogP contribution in [0.5, 0.6) is 11.5 Å². The van der Waals surface area contributed by atoms with E-state index in [9.17, 15) is 4.79 Å². The van der Waals surface area contributed by atoms with Crippen molar-refractivity contribution in [2.75, 3.05) is 24.3 Å². The standard InChI is InChI=1S/C18H21BrN2O3/c1-4-23-16-9-14(19)15(10-17(16)24-5-2)21-18(22)13-8-12(20)7-6-11(13)3/h6-10H,4-5,20H2,1-3H3,(H,21,22). The molecule has 0 spiro atoms. The van der Waals surface area contributed by atoms with E-state index in [2.05, 4.69) is 21.2 Å². The summed E-state index contributed by atoms with van der Waals surface area (Å²) >= 11 is 3.46. The van der Waals surface area contributed by atoms with Crippen LogP contribution in [0, 0.1) is 6.92 Å². The molecule has 0 aliphatic rings. The van der Waals surface area contributed by atoms with Gasteiger partial charge in [-0.15, -0.1) is 0 Å². The van der Waals surface area contributed by atoms with Crippen LogP contribution in [0.2, 0.25) is 0 Å². The first-order valence-electron chi connectivity index (χ1n) is 7.72. The van der Waals surface area contributed by atoms with E-state index in [0.717, 1.165) is 5.56 Å². The Hall–Kier alpha value is -2.21. The fraction of sp³-hybridized carbons (Fsp3) is 0.278. The molecule has 0 unspecified atom stereocenters. The third-order valence-corrected chi connectivity index (χ3v) is 4.04. The van der Waals surface area contributed by atoms with Gasteiger partial charge in [-0.25, -0.2) is 0 Å². The average Bonchev–Trinajstić information content (AvgIpc) is 2.54. The minimum Gasteiger partial charge on any atom is -0.490 e. The van der Waals surface area contributed by atoms with Gasteiger partial charge in [0.05, 0.1) is 18.9 Å². The highest BCUT2D eigenvalue weighted by Gasteiger charge is 2.15. The number of hydrogen-bond donors (Lipinski definition) is 2. The molecule has 6 heteroatoms. The van der Waals surface area contributed by atoms with Crippen molar-refractivity contribution in [3.63, 3.8) is 0 Å². The van der Waals surface area contributed by atoms with Gasteiger partial charge in [0.15, 0.2) is 11.5 Å². The second kappa shape index (κ2) is 8.06. The lowest BCUT2D eigenvalue weighted by Crippen LogP contribution is -2.14. The van der Waals surface area contributed by atoms with Crippen molar-refractivity contribution in [2.24, 2.45) is 0 Å². The minimum absolute atomic E-state index is 0.230. The Bertz CT molecular complexity index is 747. The monoisotopic (exact) mass is 392 g/mol. The van der Waals surface area contributed by atoms with Crippen molar-refractivity contribution in [1.82, 2.24) is 0 Å². The van der Waals surface area contributed by atoms with Crippen LogP contribution in [-0.4, -0.2) is 19.1 Å². The molecule has 0 atom stereocenters. The molecule has 0 aliphatic heterocycles. The van der Waals surface area contributed by atoms with Gasteiger partial charge in [0, 0.05) is 27.9 Å². The van der Waals surface area contributed by atoms with Crippen LogP contribution < -0.4 is 20.5 Å². The van der Waals surface area contributed by atoms with Gasteiger partial charge in [0.25, 0.3) is 5.91 Å². The number of carbonyl (C=O) groups excluding carboxylic acids is 1. The highest BCUT2D eigenvalue weighted by molar-refractivity contribution is 9.10. The summed E-state index contributed by atoms with van der Waals surface area (Å²) in [5.41, 5.74) is 8.32. The molecule has 0 saturated heterocycles. The normalized spacial score (nSPS) is 10.3. The molecule has 0 saturated carbocycles. The molecule has 2 aromatic rings. The predicted molar refractivity (Wildman–Crippen MR) is 100 cm³/mol. The minimum atomic E-state index is -0.230. The highest BCUT2D eigenvalue weighted by atomic mass is 79.9. The van der Waals surface area contributed by atoms with Crippen LogP contribution in [0.3, 0.4) is 0 Å². The van der Waals surface area contributed by atoms with Crippen LogP contribution in [0.1, 0.15) is 29.8 Å². The molecule has 3 N–H and O–H groups in total. The van der Waals surface area contributed by atoms with Gasteiger partial charge >= 0.3 is 0 Å². The second-order valence-corrected chi connectivity index (χ2v) is 6.03. The Morgan fingerprint density at radius 1 is 1.12 bits per heavy atom. The first-order valence-corrected chi connectivity index (χ1v) is 8.52. The van der Waals surface area contributed by atoms with E-state index in [-0.39, 0.29) is 5.91 Å². The molecule has 24 heavy (non-hydrogen) atoms. The zero-order chi connectivity index (χ0) is 17.7. The van der Waals surface area contributed by atoms with Crippen LogP contribution in [-0.2, 0) is 0 Å². The second-order valence-electron chi connectivity index (χ2n) is 5.17. The number of ether oxygens (including phenoxy) is 2. The number of nitrogen functional groups attached to an aromatic ring is 1. The van der Waals surface area contributed by atoms with E-state index in [1.807, 2.05) is 26.8 Å². The number of benzene rings is 2. The summed E-state index contributed by atoms with van der Waals surface area (Å²) in [5, 5.41) is 2.89. The number of aryl methyl sites for hydroxylation is 1. The molecule has 128 valence electrons. The quantitative estimate of drug-likeness (QED) is 0.714. The predicted octanol–water partition coefficient (Wildman–Crippen LogP) is 4.39. The first-order chi connectivity index (χ1) is 11.5. The molecule has 0 radical (unpaired) electrons. The average molecular weight is 393 g/mol. The van der Waals surface area contributed by atoms with Crippen LogP contribution in [0.25, 0.3) is 0 Å². The van der Waals surface area contributed by atoms with Gasteiger partial charge in [-0.2, -0.15) is 0 Å². The Balaban J connectivity index is 2.33. The van der Waals surface area contributed by atoms with E-state index in [4.69, 9.17) is 15.2 Å². The number of carbonyl (C=O) groups is 1. The highest BCUT2D eigenvalue weighted by Crippen LogP contribution is 2.37. The number of rotatable bonds is 6. The Labute approximate surface area is 150 Å². The Morgan fingerprint density at radius 3 is 2.38 bits per heavy atom. The van der Waals surface area contributed by atoms with Crippen LogP contribution in [0.4, 0.5) is 11.4 Å². The lowest BCUT2D eigenvalue weighted by atomic mass is 10.1. The Kier molecular flexibility index (Phi) is 6.09. The number of nitrogens with one attached hydrogen (secondary N) is 1. The van der Waals surface area contributed by atoms with Crippen LogP contribution in [0.15, 0.2) is 34.8 Å². The van der Waals surface area contributed by atoms with E-state index in [1.165, 1.54) is 0 Å². The largest absolute Gasteiger partial charge is 0.490 e. The summed E-state index contributed by atoms with van der Waals surface area (Å²) in [6, 6.07) is 8.79. The SMILES string of the molecule is CCOc1cc(Br)c(NC(=O)c2cc(N)ccc2C)cc1OCC. The van der Waals surface area contributed by atoms with E-state index in [0.29, 0.717) is 46.1 Å². The summed E-state index contributed by atoms with van der Waals surface area (Å²) in [7, 11) is 0. The van der Waals surface area contributed by atoms with Gasteiger partial charge in [0.1, 0.15) is 0 Å². The molecule has 0 aromatic heterocycles. The third-order valence-electron chi connectivity index (χ3n) is 3.39. The smallest absolute Gasteiger partial charge is 0.256 e. The molecular weight excluding hydrogens is 372 g/mol. The maximum atomic E-state index is 12.6. The van der Waals surface area contributed by atoms with Crippen molar-refractivity contribution >= 4 is 33.2 Å². The number of halogens is 1. The maximum absolute atomic E-state index is 12.6. The first kappa shape index (κ1) is 18.1. The fourth-order valence-electron chi connectivity index (χ4n) is 2.24. The lowest BCUT2D eigenvalue weighted by molar-refractivity contribution is 0.102. The maximum Gasteiger partial charge on any atom is 0.256 e. The summed E-state index contributed by atoms with van der Waals surface area (Å²) in [4.78, 5) is 12.6. The Morgan fingerprint density at radius 2 is 1.75 bits per heavy atom. The van der Waals surface area contributed by atoms with Gasteiger partial charge in [-0.05, 0) is 54.4 Å². The van der Waals surface area contributed by atoms with Gasteiger partial charge < -0.3 is 20.5 Å². The van der Waals surface area contributed by atoms with Crippen molar-refractivity contribution in [2.45, 2.75) is 20.8 Å². The molecule has 0 heterocycles. The van der Waals surface area contributed by atoms with Crippen molar-refractivity contribution in [3.05, 3.63) is 45.9 Å². The third kappa shape index (κ3) is 4.20. The molecule has 2 aromatic carbocycles. The lowest BCUT2D eigenvalue weighted by Gasteiger charge is -2.15. The van der Waals surface area contributed by atoms with E-state index >= 15 is 0 Å². The number of hydrogen-bond acceptors (Lipinski definition) is 4. The van der Waals surface area contributed by atoms with E-state index < -0.39 is 0 Å².